The van der Waals surface area contributed by atoms with Gasteiger partial charge in [0, 0.05) is 18.4 Å². The summed E-state index contributed by atoms with van der Waals surface area (Å²) >= 11 is 0. The van der Waals surface area contributed by atoms with Crippen molar-refractivity contribution < 1.29 is 51.5 Å². The summed E-state index contributed by atoms with van der Waals surface area (Å²) in [4.78, 5) is 44.4. The van der Waals surface area contributed by atoms with Crippen molar-refractivity contribution in [2.24, 2.45) is 16.8 Å². The van der Waals surface area contributed by atoms with Gasteiger partial charge in [0.2, 0.25) is 0 Å². The number of aliphatic hydroxyl groups is 1. The molecule has 0 spiro atoms. The zero-order valence-electron chi connectivity index (χ0n) is 16.0. The summed E-state index contributed by atoms with van der Waals surface area (Å²) in [5.41, 5.74) is 1.22. The van der Waals surface area contributed by atoms with E-state index in [1.165, 1.54) is 6.34 Å². The molecule has 15 nitrogen and oxygen atoms in total. The lowest BCUT2D eigenvalue weighted by atomic mass is 9.66. The number of anilines is 1. The van der Waals surface area contributed by atoms with Crippen molar-refractivity contribution in [2.75, 3.05) is 18.5 Å². The fourth-order valence-corrected chi connectivity index (χ4v) is 6.56. The van der Waals surface area contributed by atoms with Gasteiger partial charge >= 0.3 is 23.5 Å². The molecule has 6 N–H and O–H groups in total. The van der Waals surface area contributed by atoms with Crippen molar-refractivity contribution in [3.8, 4) is 0 Å². The Hall–Kier alpha value is -1.21. The highest BCUT2D eigenvalue weighted by atomic mass is 31.3. The molecule has 18 heteroatoms. The van der Waals surface area contributed by atoms with Crippen LogP contribution in [0.15, 0.2) is 23.5 Å². The molecule has 6 atom stereocenters. The normalized spacial score (nSPS) is 29.4. The summed E-state index contributed by atoms with van der Waals surface area (Å²) in [5.74, 6) is -0.472. The predicted molar refractivity (Wildman–Crippen MR) is 105 cm³/mol. The predicted octanol–water partition coefficient (Wildman–Crippen LogP) is 1.08. The highest BCUT2D eigenvalue weighted by Gasteiger charge is 2.48. The molecule has 0 radical (unpaired) electrons. The quantitative estimate of drug-likeness (QED) is 0.206. The van der Waals surface area contributed by atoms with Crippen molar-refractivity contribution in [1.82, 2.24) is 9.55 Å². The van der Waals surface area contributed by atoms with E-state index in [1.807, 2.05) is 6.92 Å². The fraction of sp³-hybridized carbons (Fsp3) is 0.538. The zero-order valence-corrected chi connectivity index (χ0v) is 18.6. The number of phosphoric ester groups is 1. The third-order valence-electron chi connectivity index (χ3n) is 4.84. The van der Waals surface area contributed by atoms with Crippen molar-refractivity contribution in [2.45, 2.75) is 19.0 Å². The van der Waals surface area contributed by atoms with Crippen LogP contribution in [0.3, 0.4) is 0 Å². The lowest BCUT2D eigenvalue weighted by molar-refractivity contribution is 0.0495. The van der Waals surface area contributed by atoms with Gasteiger partial charge < -0.3 is 34.6 Å². The number of imidazole rings is 1. The van der Waals surface area contributed by atoms with Crippen molar-refractivity contribution in [3.05, 3.63) is 24.2 Å². The van der Waals surface area contributed by atoms with Gasteiger partial charge in [0.25, 0.3) is 0 Å². The molecule has 1 aliphatic carbocycles. The molecule has 0 amide bonds. The average Bonchev–Trinajstić information content (AvgIpc) is 3.01. The maximum absolute atomic E-state index is 11.9. The number of hydrogen-bond acceptors (Lipinski definition) is 10. The van der Waals surface area contributed by atoms with Crippen molar-refractivity contribution >= 4 is 35.6 Å². The van der Waals surface area contributed by atoms with E-state index in [0.717, 1.165) is 0 Å². The molecule has 2 aliphatic rings. The summed E-state index contributed by atoms with van der Waals surface area (Å²) in [6, 6.07) is -0.582. The number of phosphoric acid groups is 3. The standard InChI is InChI=1S/C13H21N4O11P3/c1-7-10(4-26-30(22,23)28-31(24,25)27-29(19,20)21)9(3-18)12(7)17-6-16-11-8(2)14-5-15-13(11)17/h5-6,8-10,12,18H,1,3-4H2,2H3,(H,14,15)(H,22,23)(H,24,25)(H2,19,20,21)/t8?,9-,10+,12-/m1/s1. The Morgan fingerprint density at radius 1 is 1.19 bits per heavy atom. The van der Waals surface area contributed by atoms with Crippen LogP contribution >= 0.6 is 23.5 Å². The molecule has 3 rings (SSSR count). The van der Waals surface area contributed by atoms with Gasteiger partial charge in [-0.25, -0.2) is 18.7 Å². The average molecular weight is 502 g/mol. The Balaban J connectivity index is 1.67. The first-order chi connectivity index (χ1) is 14.2. The monoisotopic (exact) mass is 502 g/mol. The molecule has 0 saturated heterocycles. The van der Waals surface area contributed by atoms with Gasteiger partial charge in [-0.15, -0.1) is 0 Å². The fourth-order valence-electron chi connectivity index (χ4n) is 3.51. The maximum Gasteiger partial charge on any atom is 0.490 e. The molecule has 174 valence electrons. The van der Waals surface area contributed by atoms with E-state index in [1.54, 1.807) is 10.9 Å². The van der Waals surface area contributed by atoms with Crippen LogP contribution in [0, 0.1) is 11.8 Å². The summed E-state index contributed by atoms with van der Waals surface area (Å²) in [6.45, 7) is 4.91. The first kappa shape index (κ1) is 24.4. The number of nitrogens with zero attached hydrogens (tertiary/aromatic N) is 3. The number of aliphatic hydroxyl groups excluding tert-OH is 1. The highest BCUT2D eigenvalue weighted by molar-refractivity contribution is 7.66. The molecular formula is C13H21N4O11P3. The van der Waals surface area contributed by atoms with E-state index in [4.69, 9.17) is 9.79 Å². The van der Waals surface area contributed by atoms with Gasteiger partial charge in [-0.1, -0.05) is 6.58 Å². The molecular weight excluding hydrogens is 481 g/mol. The van der Waals surface area contributed by atoms with E-state index in [0.29, 0.717) is 17.1 Å². The first-order valence-electron chi connectivity index (χ1n) is 8.67. The first-order valence-corrected chi connectivity index (χ1v) is 13.2. The summed E-state index contributed by atoms with van der Waals surface area (Å²) in [6.07, 6.45) is 3.08. The molecule has 1 saturated carbocycles. The van der Waals surface area contributed by atoms with E-state index < -0.39 is 48.0 Å². The minimum atomic E-state index is -5.60. The Bertz CT molecular complexity index is 1040. The molecule has 0 aromatic carbocycles. The van der Waals surface area contributed by atoms with Gasteiger partial charge in [-0.05, 0) is 12.5 Å². The SMILES string of the molecule is C=C1[C@@H](n2cnc3c2NC=NC3C)[C@H](CO)[C@H]1COP(=O)(O)OP(=O)(O)OP(=O)(O)O. The minimum absolute atomic E-state index is 0.167. The van der Waals surface area contributed by atoms with Crippen LogP contribution in [-0.2, 0) is 26.8 Å². The Labute approximate surface area is 175 Å². The number of hydrogen-bond donors (Lipinski definition) is 6. The topological polar surface area (TPSA) is 222 Å². The van der Waals surface area contributed by atoms with E-state index in [2.05, 4.69) is 35.0 Å². The maximum atomic E-state index is 11.9. The van der Waals surface area contributed by atoms with Crippen LogP contribution < -0.4 is 5.32 Å². The third kappa shape index (κ3) is 5.41. The minimum Gasteiger partial charge on any atom is -0.396 e. The Morgan fingerprint density at radius 2 is 1.87 bits per heavy atom. The second-order valence-corrected chi connectivity index (χ2v) is 11.3. The lowest BCUT2D eigenvalue weighted by Gasteiger charge is -2.47. The van der Waals surface area contributed by atoms with E-state index in [9.17, 15) is 28.6 Å². The van der Waals surface area contributed by atoms with Crippen LogP contribution in [0.5, 0.6) is 0 Å². The molecule has 2 heterocycles. The number of aromatic nitrogens is 2. The Morgan fingerprint density at radius 3 is 2.48 bits per heavy atom. The lowest BCUT2D eigenvalue weighted by Crippen LogP contribution is -2.45. The molecule has 1 aromatic rings. The highest BCUT2D eigenvalue weighted by Crippen LogP contribution is 2.66. The zero-order chi connectivity index (χ0) is 23.2. The molecule has 31 heavy (non-hydrogen) atoms. The Kier molecular flexibility index (Phi) is 6.79. The van der Waals surface area contributed by atoms with Gasteiger partial charge in [0.15, 0.2) is 0 Å². The molecule has 3 unspecified atom stereocenters. The van der Waals surface area contributed by atoms with E-state index in [-0.39, 0.29) is 12.6 Å². The van der Waals surface area contributed by atoms with E-state index >= 15 is 0 Å². The molecule has 0 bridgehead atoms. The van der Waals surface area contributed by atoms with Crippen molar-refractivity contribution in [3.63, 3.8) is 0 Å². The molecule has 1 aliphatic heterocycles. The van der Waals surface area contributed by atoms with Crippen molar-refractivity contribution in [1.29, 1.82) is 0 Å². The van der Waals surface area contributed by atoms with Gasteiger partial charge in [-0.3, -0.25) is 9.52 Å². The summed E-state index contributed by atoms with van der Waals surface area (Å²) in [7, 11) is -16.3. The number of fused-ring (bicyclic) bond motifs is 1. The van der Waals surface area contributed by atoms with Crippen LogP contribution in [-0.4, -0.2) is 53.8 Å². The molecule has 1 aromatic heterocycles. The number of aliphatic imine (C=N–C) groups is 1. The van der Waals surface area contributed by atoms with Gasteiger partial charge in [-0.2, -0.15) is 8.62 Å². The van der Waals surface area contributed by atoms with Crippen LogP contribution in [0.25, 0.3) is 0 Å². The summed E-state index contributed by atoms with van der Waals surface area (Å²) in [5, 5.41) is 12.8. The van der Waals surface area contributed by atoms with Crippen LogP contribution in [0.2, 0.25) is 0 Å². The van der Waals surface area contributed by atoms with Crippen LogP contribution in [0.1, 0.15) is 24.7 Å². The second-order valence-electron chi connectivity index (χ2n) is 6.84. The number of nitrogens with one attached hydrogen (secondary N) is 1. The second kappa shape index (κ2) is 8.62. The van der Waals surface area contributed by atoms with Gasteiger partial charge in [0.05, 0.1) is 31.4 Å². The number of rotatable bonds is 9. The smallest absolute Gasteiger partial charge is 0.396 e. The van der Waals surface area contributed by atoms with Crippen LogP contribution in [0.4, 0.5) is 5.82 Å². The summed E-state index contributed by atoms with van der Waals surface area (Å²) < 4.78 is 47.7. The van der Waals surface area contributed by atoms with Gasteiger partial charge in [0.1, 0.15) is 11.5 Å². The largest absolute Gasteiger partial charge is 0.490 e. The third-order valence-corrected chi connectivity index (χ3v) is 8.64. The molecule has 1 fully saturated rings.